The van der Waals surface area contributed by atoms with Crippen LogP contribution >= 0.6 is 0 Å². The number of H-pyrrole nitrogens is 1. The molecule has 0 bridgehead atoms. The summed E-state index contributed by atoms with van der Waals surface area (Å²) in [6, 6.07) is 13.7. The Morgan fingerprint density at radius 2 is 1.86 bits per heavy atom. The second-order valence-electron chi connectivity index (χ2n) is 11.3. The van der Waals surface area contributed by atoms with Gasteiger partial charge in [-0.25, -0.2) is 4.98 Å². The topological polar surface area (TPSA) is 64.7 Å². The molecular weight excluding hydrogens is 543 g/mol. The number of rotatable bonds is 6. The Hall–Kier alpha value is -3.89. The molecule has 0 spiro atoms. The van der Waals surface area contributed by atoms with E-state index in [1.165, 1.54) is 0 Å². The number of carbonyl (C=O) groups excluding carboxylic acids is 1. The lowest BCUT2D eigenvalue weighted by Crippen LogP contribution is -2.44. The highest BCUT2D eigenvalue weighted by molar-refractivity contribution is 5.82. The summed E-state index contributed by atoms with van der Waals surface area (Å²) in [5.74, 6) is 1.13. The maximum absolute atomic E-state index is 14.1. The van der Waals surface area contributed by atoms with Gasteiger partial charge in [-0.15, -0.1) is 0 Å². The van der Waals surface area contributed by atoms with Crippen LogP contribution in [0.1, 0.15) is 40.8 Å². The molecule has 0 radical (unpaired) electrons. The summed E-state index contributed by atoms with van der Waals surface area (Å²) in [6.07, 6.45) is -0.424. The van der Waals surface area contributed by atoms with Crippen molar-refractivity contribution in [2.75, 3.05) is 39.8 Å². The van der Waals surface area contributed by atoms with Gasteiger partial charge in [-0.2, -0.15) is 13.2 Å². The van der Waals surface area contributed by atoms with Crippen molar-refractivity contribution in [3.8, 4) is 11.5 Å². The second kappa shape index (κ2) is 11.4. The van der Waals surface area contributed by atoms with Crippen LogP contribution in [0.25, 0.3) is 11.0 Å². The van der Waals surface area contributed by atoms with Gasteiger partial charge in [0.05, 0.1) is 23.4 Å². The van der Waals surface area contributed by atoms with Gasteiger partial charge < -0.3 is 19.5 Å². The minimum Gasteiger partial charge on any atom is -0.457 e. The normalized spacial score (nSPS) is 18.3. The fourth-order valence-electron chi connectivity index (χ4n) is 6.01. The molecule has 1 N–H and O–H groups in total. The molecule has 7 nitrogen and oxygen atoms in total. The molecule has 1 fully saturated rings. The molecule has 0 saturated carbocycles. The second-order valence-corrected chi connectivity index (χ2v) is 11.3. The van der Waals surface area contributed by atoms with Crippen molar-refractivity contribution >= 4 is 16.9 Å². The number of benzene rings is 2. The Morgan fingerprint density at radius 1 is 1.05 bits per heavy atom. The Bertz CT molecular complexity index is 1590. The molecule has 2 aliphatic rings. The number of ether oxygens (including phenoxy) is 1. The molecular formula is C32H34F3N5O2. The minimum atomic E-state index is -4.49. The van der Waals surface area contributed by atoms with Crippen LogP contribution in [0.3, 0.4) is 0 Å². The number of hydrogen-bond donors (Lipinski definition) is 1. The molecule has 1 amide bonds. The van der Waals surface area contributed by atoms with Gasteiger partial charge >= 0.3 is 6.18 Å². The average Bonchev–Trinajstić information content (AvgIpc) is 3.45. The lowest BCUT2D eigenvalue weighted by Gasteiger charge is -2.36. The number of hydrogen-bond acceptors (Lipinski definition) is 5. The van der Waals surface area contributed by atoms with E-state index in [1.54, 1.807) is 29.3 Å². The first-order valence-corrected chi connectivity index (χ1v) is 14.3. The number of alkyl halides is 3. The molecule has 0 unspecified atom stereocenters. The van der Waals surface area contributed by atoms with Gasteiger partial charge in [0.15, 0.2) is 0 Å². The van der Waals surface area contributed by atoms with E-state index in [9.17, 15) is 18.0 Å². The molecule has 10 heteroatoms. The van der Waals surface area contributed by atoms with E-state index in [-0.39, 0.29) is 30.5 Å². The lowest BCUT2D eigenvalue weighted by molar-refractivity contribution is -0.139. The molecule has 42 heavy (non-hydrogen) atoms. The number of likely N-dealkylation sites (N-methyl/N-ethyl adjacent to an activating group) is 1. The SMILES string of the molecule is C[C@H]1c2cc(Oc3ccnc4[nH]ccc34)ccc2CCN1C(=O)Cc1ccc(CN2CCN(C)CC2)c(C(F)(F)F)c1. The number of fused-ring (bicyclic) bond motifs is 2. The fraction of sp³-hybridized carbons (Fsp3) is 0.375. The summed E-state index contributed by atoms with van der Waals surface area (Å²) in [5.41, 5.74) is 2.81. The maximum atomic E-state index is 14.1. The third-order valence-corrected chi connectivity index (χ3v) is 8.45. The average molecular weight is 578 g/mol. The van der Waals surface area contributed by atoms with E-state index in [1.807, 2.05) is 44.4 Å². The first-order chi connectivity index (χ1) is 20.2. The van der Waals surface area contributed by atoms with Crippen molar-refractivity contribution in [3.05, 3.63) is 88.7 Å². The van der Waals surface area contributed by atoms with Gasteiger partial charge in [0.1, 0.15) is 17.1 Å². The number of carbonyl (C=O) groups is 1. The van der Waals surface area contributed by atoms with Crippen LogP contribution < -0.4 is 4.74 Å². The highest BCUT2D eigenvalue weighted by Crippen LogP contribution is 2.37. The zero-order valence-electron chi connectivity index (χ0n) is 23.7. The van der Waals surface area contributed by atoms with Gasteiger partial charge in [0.25, 0.3) is 0 Å². The number of amides is 1. The zero-order chi connectivity index (χ0) is 29.4. The van der Waals surface area contributed by atoms with E-state index in [4.69, 9.17) is 4.74 Å². The van der Waals surface area contributed by atoms with Crippen molar-refractivity contribution in [1.29, 1.82) is 0 Å². The van der Waals surface area contributed by atoms with Gasteiger partial charge in [-0.05, 0) is 73.0 Å². The maximum Gasteiger partial charge on any atom is 0.416 e. The molecule has 4 aromatic rings. The first kappa shape index (κ1) is 28.2. The third-order valence-electron chi connectivity index (χ3n) is 8.45. The zero-order valence-corrected chi connectivity index (χ0v) is 23.7. The number of aromatic amines is 1. The number of halogens is 3. The van der Waals surface area contributed by atoms with Crippen molar-refractivity contribution in [3.63, 3.8) is 0 Å². The quantitative estimate of drug-likeness (QED) is 0.314. The number of aromatic nitrogens is 2. The summed E-state index contributed by atoms with van der Waals surface area (Å²) >= 11 is 0. The van der Waals surface area contributed by atoms with Gasteiger partial charge in [-0.3, -0.25) is 9.69 Å². The van der Waals surface area contributed by atoms with Crippen molar-refractivity contribution in [2.45, 2.75) is 38.5 Å². The van der Waals surface area contributed by atoms with Crippen LogP contribution in [0.2, 0.25) is 0 Å². The summed E-state index contributed by atoms with van der Waals surface area (Å²) in [5, 5.41) is 0.868. The van der Waals surface area contributed by atoms with Crippen molar-refractivity contribution < 1.29 is 22.7 Å². The standard InChI is InChI=1S/C32H34F3N5O2/c1-21-27-19-25(42-29-8-11-37-31-26(29)7-10-36-31)6-5-23(27)9-12-40(21)30(41)18-22-3-4-24(28(17-22)32(33,34)35)20-39-15-13-38(2)14-16-39/h3-8,10-11,17,19,21H,9,12-16,18,20H2,1-2H3,(H,36,37)/t21-/m0/s1. The molecule has 6 rings (SSSR count). The largest absolute Gasteiger partial charge is 0.457 e. The number of nitrogens with one attached hydrogen (secondary N) is 1. The molecule has 2 aromatic carbocycles. The van der Waals surface area contributed by atoms with E-state index < -0.39 is 11.7 Å². The van der Waals surface area contributed by atoms with Crippen molar-refractivity contribution in [2.24, 2.45) is 0 Å². The summed E-state index contributed by atoms with van der Waals surface area (Å²) < 4.78 is 48.5. The van der Waals surface area contributed by atoms with E-state index in [0.717, 1.165) is 54.4 Å². The van der Waals surface area contributed by atoms with Crippen LogP contribution in [-0.2, 0) is 30.4 Å². The van der Waals surface area contributed by atoms with Gasteiger partial charge in [0, 0.05) is 51.7 Å². The monoisotopic (exact) mass is 577 g/mol. The molecule has 4 heterocycles. The Balaban J connectivity index is 1.17. The summed E-state index contributed by atoms with van der Waals surface area (Å²) in [6.45, 7) is 5.84. The van der Waals surface area contributed by atoms with Crippen LogP contribution in [0, 0.1) is 0 Å². The van der Waals surface area contributed by atoms with E-state index in [0.29, 0.717) is 30.0 Å². The van der Waals surface area contributed by atoms with Crippen molar-refractivity contribution in [1.82, 2.24) is 24.7 Å². The number of pyridine rings is 1. The Morgan fingerprint density at radius 3 is 2.64 bits per heavy atom. The first-order valence-electron chi connectivity index (χ1n) is 14.3. The number of nitrogens with zero attached hydrogens (tertiary/aromatic N) is 4. The molecule has 0 aliphatic carbocycles. The molecule has 220 valence electrons. The minimum absolute atomic E-state index is 0.0871. The smallest absolute Gasteiger partial charge is 0.416 e. The van der Waals surface area contributed by atoms with Crippen LogP contribution in [0.15, 0.2) is 60.9 Å². The highest BCUT2D eigenvalue weighted by atomic mass is 19.4. The molecule has 1 saturated heterocycles. The Labute approximate surface area is 242 Å². The molecule has 2 aliphatic heterocycles. The third kappa shape index (κ3) is 5.87. The van der Waals surface area contributed by atoms with Gasteiger partial charge in [-0.1, -0.05) is 18.2 Å². The summed E-state index contributed by atoms with van der Waals surface area (Å²) in [4.78, 5) is 26.8. The predicted octanol–water partition coefficient (Wildman–Crippen LogP) is 5.81. The van der Waals surface area contributed by atoms with Crippen LogP contribution in [0.5, 0.6) is 11.5 Å². The van der Waals surface area contributed by atoms with E-state index in [2.05, 4.69) is 19.8 Å². The molecule has 1 atom stereocenters. The van der Waals surface area contributed by atoms with Gasteiger partial charge in [0.2, 0.25) is 5.91 Å². The highest BCUT2D eigenvalue weighted by Gasteiger charge is 2.35. The van der Waals surface area contributed by atoms with E-state index >= 15 is 0 Å². The Kier molecular flexibility index (Phi) is 7.67. The predicted molar refractivity (Wildman–Crippen MR) is 154 cm³/mol. The van der Waals surface area contributed by atoms with Crippen LogP contribution in [0.4, 0.5) is 13.2 Å². The summed E-state index contributed by atoms with van der Waals surface area (Å²) in [7, 11) is 2.02. The fourth-order valence-corrected chi connectivity index (χ4v) is 6.01. The molecule has 2 aromatic heterocycles. The lowest BCUT2D eigenvalue weighted by atomic mass is 9.92. The van der Waals surface area contributed by atoms with Crippen LogP contribution in [-0.4, -0.2) is 70.3 Å². The number of piperazine rings is 1.